The van der Waals surface area contributed by atoms with Crippen molar-refractivity contribution in [2.24, 2.45) is 5.41 Å². The molecule has 0 spiro atoms. The van der Waals surface area contributed by atoms with Gasteiger partial charge >= 0.3 is 0 Å². The highest BCUT2D eigenvalue weighted by atomic mass is 16.3. The summed E-state index contributed by atoms with van der Waals surface area (Å²) in [6.45, 7) is 6.89. The Bertz CT molecular complexity index is 381. The quantitative estimate of drug-likeness (QED) is 0.828. The molecular formula is C16H25NO2. The molecule has 106 valence electrons. The van der Waals surface area contributed by atoms with E-state index in [1.54, 1.807) is 0 Å². The summed E-state index contributed by atoms with van der Waals surface area (Å²) in [6, 6.07) is 9.52. The van der Waals surface area contributed by atoms with Gasteiger partial charge in [-0.15, -0.1) is 0 Å². The lowest BCUT2D eigenvalue weighted by molar-refractivity contribution is -0.121. The van der Waals surface area contributed by atoms with E-state index in [4.69, 9.17) is 0 Å². The third kappa shape index (κ3) is 6.97. The molecule has 1 atom stereocenters. The maximum atomic E-state index is 11.6. The molecule has 0 aromatic heterocycles. The van der Waals surface area contributed by atoms with Crippen molar-refractivity contribution in [2.75, 3.05) is 6.54 Å². The second-order valence-electron chi connectivity index (χ2n) is 6.13. The molecule has 19 heavy (non-hydrogen) atoms. The molecule has 3 heteroatoms. The molecule has 0 radical (unpaired) electrons. The van der Waals surface area contributed by atoms with Crippen LogP contribution in [-0.2, 0) is 4.79 Å². The number of amides is 1. The third-order valence-corrected chi connectivity index (χ3v) is 3.03. The largest absolute Gasteiger partial charge is 0.388 e. The predicted octanol–water partition coefficient (Wildman–Crippen LogP) is 3.05. The molecule has 0 aliphatic rings. The molecule has 0 fully saturated rings. The molecule has 0 bridgehead atoms. The van der Waals surface area contributed by atoms with E-state index in [9.17, 15) is 9.90 Å². The van der Waals surface area contributed by atoms with Gasteiger partial charge in [-0.2, -0.15) is 0 Å². The maximum absolute atomic E-state index is 11.6. The van der Waals surface area contributed by atoms with E-state index in [2.05, 4.69) is 26.1 Å². The number of benzene rings is 1. The van der Waals surface area contributed by atoms with E-state index in [0.717, 1.165) is 12.0 Å². The predicted molar refractivity (Wildman–Crippen MR) is 77.7 cm³/mol. The van der Waals surface area contributed by atoms with Crippen LogP contribution in [-0.4, -0.2) is 17.6 Å². The molecule has 1 aromatic carbocycles. The number of aliphatic hydroxyl groups excluding tert-OH is 1. The molecule has 2 N–H and O–H groups in total. The Hall–Kier alpha value is -1.35. The standard InChI is InChI=1S/C16H25NO2/c1-16(2,3)11-9-15(19)17-12-10-14(18)13-7-5-4-6-8-13/h4-8,14,18H,9-12H2,1-3H3,(H,17,19). The first-order chi connectivity index (χ1) is 8.88. The topological polar surface area (TPSA) is 49.3 Å². The molecule has 0 aliphatic carbocycles. The Labute approximate surface area is 116 Å². The van der Waals surface area contributed by atoms with Gasteiger partial charge in [0, 0.05) is 13.0 Å². The van der Waals surface area contributed by atoms with Crippen molar-refractivity contribution in [1.29, 1.82) is 0 Å². The summed E-state index contributed by atoms with van der Waals surface area (Å²) in [5, 5.41) is 12.8. The monoisotopic (exact) mass is 263 g/mol. The molecule has 0 aliphatic heterocycles. The fourth-order valence-electron chi connectivity index (χ4n) is 1.77. The number of carbonyl (C=O) groups excluding carboxylic acids is 1. The Morgan fingerprint density at radius 2 is 1.89 bits per heavy atom. The van der Waals surface area contributed by atoms with Gasteiger partial charge in [0.05, 0.1) is 6.10 Å². The van der Waals surface area contributed by atoms with Crippen LogP contribution in [0.15, 0.2) is 30.3 Å². The van der Waals surface area contributed by atoms with Crippen molar-refractivity contribution in [3.63, 3.8) is 0 Å². The molecule has 1 rings (SSSR count). The normalized spacial score (nSPS) is 13.1. The van der Waals surface area contributed by atoms with Crippen LogP contribution >= 0.6 is 0 Å². The first kappa shape index (κ1) is 15.7. The highest BCUT2D eigenvalue weighted by molar-refractivity contribution is 5.75. The molecule has 0 saturated heterocycles. The van der Waals surface area contributed by atoms with Gasteiger partial charge in [0.1, 0.15) is 0 Å². The van der Waals surface area contributed by atoms with Crippen molar-refractivity contribution in [2.45, 2.75) is 46.1 Å². The van der Waals surface area contributed by atoms with Crippen molar-refractivity contribution >= 4 is 5.91 Å². The smallest absolute Gasteiger partial charge is 0.220 e. The third-order valence-electron chi connectivity index (χ3n) is 3.03. The number of nitrogens with one attached hydrogen (secondary N) is 1. The minimum atomic E-state index is -0.510. The fraction of sp³-hybridized carbons (Fsp3) is 0.562. The van der Waals surface area contributed by atoms with Crippen LogP contribution in [0.25, 0.3) is 0 Å². The van der Waals surface area contributed by atoms with Crippen LogP contribution < -0.4 is 5.32 Å². The lowest BCUT2D eigenvalue weighted by Gasteiger charge is -2.17. The molecular weight excluding hydrogens is 238 g/mol. The molecule has 1 aromatic rings. The molecule has 1 amide bonds. The average molecular weight is 263 g/mol. The first-order valence-corrected chi connectivity index (χ1v) is 6.88. The highest BCUT2D eigenvalue weighted by Gasteiger charge is 2.13. The van der Waals surface area contributed by atoms with Crippen LogP contribution in [0.2, 0.25) is 0 Å². The van der Waals surface area contributed by atoms with Crippen molar-refractivity contribution in [1.82, 2.24) is 5.32 Å². The van der Waals surface area contributed by atoms with Gasteiger partial charge in [0.25, 0.3) is 0 Å². The van der Waals surface area contributed by atoms with E-state index in [0.29, 0.717) is 19.4 Å². The number of carbonyl (C=O) groups is 1. The minimum Gasteiger partial charge on any atom is -0.388 e. The van der Waals surface area contributed by atoms with Gasteiger partial charge in [-0.3, -0.25) is 4.79 Å². The lowest BCUT2D eigenvalue weighted by Crippen LogP contribution is -2.26. The zero-order chi connectivity index (χ0) is 14.3. The van der Waals surface area contributed by atoms with Crippen molar-refractivity contribution in [3.8, 4) is 0 Å². The summed E-state index contributed by atoms with van der Waals surface area (Å²) in [5.74, 6) is 0.0650. The zero-order valence-electron chi connectivity index (χ0n) is 12.1. The SMILES string of the molecule is CC(C)(C)CCC(=O)NCCC(O)c1ccccc1. The lowest BCUT2D eigenvalue weighted by atomic mass is 9.90. The van der Waals surface area contributed by atoms with Gasteiger partial charge in [0.15, 0.2) is 0 Å². The van der Waals surface area contributed by atoms with Crippen LogP contribution in [0.3, 0.4) is 0 Å². The fourth-order valence-corrected chi connectivity index (χ4v) is 1.77. The van der Waals surface area contributed by atoms with Crippen LogP contribution in [0, 0.1) is 5.41 Å². The molecule has 3 nitrogen and oxygen atoms in total. The Kier molecular flexibility index (Phi) is 6.03. The van der Waals surface area contributed by atoms with Gasteiger partial charge in [0.2, 0.25) is 5.91 Å². The summed E-state index contributed by atoms with van der Waals surface area (Å²) >= 11 is 0. The first-order valence-electron chi connectivity index (χ1n) is 6.88. The Balaban J connectivity index is 2.22. The molecule has 1 unspecified atom stereocenters. The summed E-state index contributed by atoms with van der Waals surface area (Å²) in [6.07, 6.45) is 1.46. The van der Waals surface area contributed by atoms with Crippen LogP contribution in [0.4, 0.5) is 0 Å². The van der Waals surface area contributed by atoms with Crippen molar-refractivity contribution in [3.05, 3.63) is 35.9 Å². The van der Waals surface area contributed by atoms with Gasteiger partial charge < -0.3 is 10.4 Å². The second-order valence-corrected chi connectivity index (χ2v) is 6.13. The summed E-state index contributed by atoms with van der Waals surface area (Å²) < 4.78 is 0. The Morgan fingerprint density at radius 3 is 2.47 bits per heavy atom. The maximum Gasteiger partial charge on any atom is 0.220 e. The zero-order valence-corrected chi connectivity index (χ0v) is 12.1. The summed E-state index contributed by atoms with van der Waals surface area (Å²) in [4.78, 5) is 11.6. The number of hydrogen-bond donors (Lipinski definition) is 2. The molecule has 0 heterocycles. The van der Waals surface area contributed by atoms with E-state index in [1.807, 2.05) is 30.3 Å². The van der Waals surface area contributed by atoms with E-state index in [-0.39, 0.29) is 11.3 Å². The summed E-state index contributed by atoms with van der Waals surface area (Å²) in [5.41, 5.74) is 1.08. The highest BCUT2D eigenvalue weighted by Crippen LogP contribution is 2.20. The summed E-state index contributed by atoms with van der Waals surface area (Å²) in [7, 11) is 0. The molecule has 0 saturated carbocycles. The van der Waals surface area contributed by atoms with Gasteiger partial charge in [-0.25, -0.2) is 0 Å². The van der Waals surface area contributed by atoms with E-state index in [1.165, 1.54) is 0 Å². The number of hydrogen-bond acceptors (Lipinski definition) is 2. The van der Waals surface area contributed by atoms with Gasteiger partial charge in [-0.05, 0) is 23.8 Å². The average Bonchev–Trinajstić information content (AvgIpc) is 2.36. The van der Waals surface area contributed by atoms with Crippen LogP contribution in [0.5, 0.6) is 0 Å². The number of aliphatic hydroxyl groups is 1. The van der Waals surface area contributed by atoms with E-state index < -0.39 is 6.10 Å². The van der Waals surface area contributed by atoms with Crippen molar-refractivity contribution < 1.29 is 9.90 Å². The Morgan fingerprint density at radius 1 is 1.26 bits per heavy atom. The number of rotatable bonds is 6. The van der Waals surface area contributed by atoms with Gasteiger partial charge in [-0.1, -0.05) is 51.1 Å². The second kappa shape index (κ2) is 7.29. The minimum absolute atomic E-state index is 0.0650. The van der Waals surface area contributed by atoms with E-state index >= 15 is 0 Å². The van der Waals surface area contributed by atoms with Crippen LogP contribution in [0.1, 0.15) is 51.7 Å².